The Morgan fingerprint density at radius 2 is 2.12 bits per heavy atom. The summed E-state index contributed by atoms with van der Waals surface area (Å²) < 4.78 is 0. The lowest BCUT2D eigenvalue weighted by atomic mass is 10.4. The van der Waals surface area contributed by atoms with Crippen molar-refractivity contribution in [1.82, 2.24) is 14.9 Å². The summed E-state index contributed by atoms with van der Waals surface area (Å²) in [7, 11) is 3.93. The van der Waals surface area contributed by atoms with Gasteiger partial charge in [0.1, 0.15) is 11.6 Å². The van der Waals surface area contributed by atoms with Gasteiger partial charge in [0, 0.05) is 27.2 Å². The molecule has 0 atom stereocenters. The first-order valence-corrected chi connectivity index (χ1v) is 6.23. The van der Waals surface area contributed by atoms with Crippen molar-refractivity contribution in [3.63, 3.8) is 0 Å². The van der Waals surface area contributed by atoms with E-state index >= 15 is 0 Å². The molecule has 2 rings (SSSR count). The Bertz CT molecular complexity index is 349. The van der Waals surface area contributed by atoms with Crippen molar-refractivity contribution in [2.24, 2.45) is 0 Å². The minimum atomic E-state index is 0.815. The molecular formula is C12H21N5. The topological polar surface area (TPSA) is 44.3 Å². The third-order valence-corrected chi connectivity index (χ3v) is 3.22. The van der Waals surface area contributed by atoms with E-state index in [2.05, 4.69) is 32.1 Å². The molecule has 0 bridgehead atoms. The number of aromatic nitrogens is 2. The summed E-state index contributed by atoms with van der Waals surface area (Å²) in [4.78, 5) is 13.3. The molecule has 1 aromatic heterocycles. The summed E-state index contributed by atoms with van der Waals surface area (Å²) in [5.74, 6) is 1.74. The maximum atomic E-state index is 4.47. The minimum absolute atomic E-state index is 0.815. The van der Waals surface area contributed by atoms with Crippen LogP contribution in [0, 0.1) is 0 Å². The van der Waals surface area contributed by atoms with Crippen molar-refractivity contribution in [1.29, 1.82) is 0 Å². The number of anilines is 2. The molecule has 5 heteroatoms. The summed E-state index contributed by atoms with van der Waals surface area (Å²) in [5.41, 5.74) is 0. The smallest absolute Gasteiger partial charge is 0.149 e. The molecule has 0 aliphatic carbocycles. The number of rotatable bonds is 5. The van der Waals surface area contributed by atoms with Crippen LogP contribution in [-0.4, -0.2) is 55.1 Å². The van der Waals surface area contributed by atoms with Crippen molar-refractivity contribution in [3.05, 3.63) is 12.4 Å². The molecule has 1 aliphatic heterocycles. The lowest BCUT2D eigenvalue weighted by Crippen LogP contribution is -2.31. The highest BCUT2D eigenvalue weighted by Gasteiger charge is 2.12. The minimum Gasteiger partial charge on any atom is -0.372 e. The Labute approximate surface area is 103 Å². The fourth-order valence-corrected chi connectivity index (χ4v) is 2.07. The molecule has 5 nitrogen and oxygen atoms in total. The first kappa shape index (κ1) is 12.1. The normalized spacial score (nSPS) is 16.1. The molecule has 1 aromatic rings. The standard InChI is InChI=1S/C12H21N5/c1-13-11-9-14-10-12(15-11)16(2)7-8-17-5-3-4-6-17/h9-10H,3-8H2,1-2H3,(H,13,15). The van der Waals surface area contributed by atoms with Gasteiger partial charge in [-0.1, -0.05) is 0 Å². The fourth-order valence-electron chi connectivity index (χ4n) is 2.07. The third-order valence-electron chi connectivity index (χ3n) is 3.22. The van der Waals surface area contributed by atoms with Crippen LogP contribution in [0.3, 0.4) is 0 Å². The van der Waals surface area contributed by atoms with E-state index in [1.165, 1.54) is 25.9 Å². The molecule has 1 aliphatic rings. The molecule has 1 fully saturated rings. The third kappa shape index (κ3) is 3.30. The molecule has 0 saturated carbocycles. The van der Waals surface area contributed by atoms with E-state index in [-0.39, 0.29) is 0 Å². The van der Waals surface area contributed by atoms with Gasteiger partial charge < -0.3 is 15.1 Å². The highest BCUT2D eigenvalue weighted by atomic mass is 15.2. The summed E-state index contributed by atoms with van der Waals surface area (Å²) >= 11 is 0. The number of likely N-dealkylation sites (N-methyl/N-ethyl adjacent to an activating group) is 1. The van der Waals surface area contributed by atoms with Crippen molar-refractivity contribution < 1.29 is 0 Å². The second kappa shape index (κ2) is 5.82. The van der Waals surface area contributed by atoms with Gasteiger partial charge in [0.05, 0.1) is 12.4 Å². The van der Waals surface area contributed by atoms with Crippen LogP contribution in [0.5, 0.6) is 0 Å². The second-order valence-corrected chi connectivity index (χ2v) is 4.48. The average Bonchev–Trinajstić information content (AvgIpc) is 2.89. The van der Waals surface area contributed by atoms with E-state index in [9.17, 15) is 0 Å². The maximum Gasteiger partial charge on any atom is 0.149 e. The van der Waals surface area contributed by atoms with Gasteiger partial charge in [-0.15, -0.1) is 0 Å². The molecule has 17 heavy (non-hydrogen) atoms. The van der Waals surface area contributed by atoms with Crippen LogP contribution in [-0.2, 0) is 0 Å². The summed E-state index contributed by atoms with van der Waals surface area (Å²) in [6.07, 6.45) is 6.24. The van der Waals surface area contributed by atoms with Crippen molar-refractivity contribution in [3.8, 4) is 0 Å². The first-order valence-electron chi connectivity index (χ1n) is 6.23. The molecule has 2 heterocycles. The summed E-state index contributed by atoms with van der Waals surface area (Å²) in [5, 5.41) is 3.01. The van der Waals surface area contributed by atoms with Crippen LogP contribution in [0.4, 0.5) is 11.6 Å². The van der Waals surface area contributed by atoms with Crippen molar-refractivity contribution in [2.75, 3.05) is 50.5 Å². The number of hydrogen-bond donors (Lipinski definition) is 1. The van der Waals surface area contributed by atoms with E-state index in [0.717, 1.165) is 24.7 Å². The Hall–Kier alpha value is -1.36. The van der Waals surface area contributed by atoms with Gasteiger partial charge in [-0.05, 0) is 25.9 Å². The predicted molar refractivity (Wildman–Crippen MR) is 70.5 cm³/mol. The monoisotopic (exact) mass is 235 g/mol. The molecule has 94 valence electrons. The molecule has 0 aromatic carbocycles. The quantitative estimate of drug-likeness (QED) is 0.826. The second-order valence-electron chi connectivity index (χ2n) is 4.48. The highest BCUT2D eigenvalue weighted by molar-refractivity contribution is 5.42. The lowest BCUT2D eigenvalue weighted by Gasteiger charge is -2.22. The molecule has 0 amide bonds. The lowest BCUT2D eigenvalue weighted by molar-refractivity contribution is 0.346. The largest absolute Gasteiger partial charge is 0.372 e. The summed E-state index contributed by atoms with van der Waals surface area (Å²) in [6.45, 7) is 4.61. The van der Waals surface area contributed by atoms with Crippen molar-refractivity contribution >= 4 is 11.6 Å². The van der Waals surface area contributed by atoms with Gasteiger partial charge in [0.25, 0.3) is 0 Å². The Kier molecular flexibility index (Phi) is 4.14. The average molecular weight is 235 g/mol. The Morgan fingerprint density at radius 3 is 2.82 bits per heavy atom. The van der Waals surface area contributed by atoms with Crippen LogP contribution >= 0.6 is 0 Å². The predicted octanol–water partition coefficient (Wildman–Crippen LogP) is 1.05. The number of hydrogen-bond acceptors (Lipinski definition) is 5. The van der Waals surface area contributed by atoms with E-state index in [1.807, 2.05) is 13.2 Å². The number of nitrogens with zero attached hydrogens (tertiary/aromatic N) is 4. The van der Waals surface area contributed by atoms with Crippen LogP contribution < -0.4 is 10.2 Å². The van der Waals surface area contributed by atoms with E-state index in [0.29, 0.717) is 0 Å². The number of nitrogens with one attached hydrogen (secondary N) is 1. The number of likely N-dealkylation sites (tertiary alicyclic amines) is 1. The van der Waals surface area contributed by atoms with Gasteiger partial charge >= 0.3 is 0 Å². The van der Waals surface area contributed by atoms with Gasteiger partial charge in [0.2, 0.25) is 0 Å². The SMILES string of the molecule is CNc1cncc(N(C)CCN2CCCC2)n1. The Morgan fingerprint density at radius 1 is 1.35 bits per heavy atom. The zero-order valence-electron chi connectivity index (χ0n) is 10.7. The van der Waals surface area contributed by atoms with E-state index < -0.39 is 0 Å². The van der Waals surface area contributed by atoms with Gasteiger partial charge in [0.15, 0.2) is 0 Å². The van der Waals surface area contributed by atoms with E-state index in [1.54, 1.807) is 6.20 Å². The fraction of sp³-hybridized carbons (Fsp3) is 0.667. The Balaban J connectivity index is 1.87. The molecular weight excluding hydrogens is 214 g/mol. The molecule has 0 unspecified atom stereocenters. The maximum absolute atomic E-state index is 4.47. The zero-order chi connectivity index (χ0) is 12.1. The zero-order valence-corrected chi connectivity index (χ0v) is 10.7. The molecule has 0 radical (unpaired) electrons. The van der Waals surface area contributed by atoms with Crippen LogP contribution in [0.1, 0.15) is 12.8 Å². The summed E-state index contributed by atoms with van der Waals surface area (Å²) in [6, 6.07) is 0. The first-order chi connectivity index (χ1) is 8.29. The highest BCUT2D eigenvalue weighted by Crippen LogP contribution is 2.11. The van der Waals surface area contributed by atoms with Gasteiger partial charge in [-0.25, -0.2) is 4.98 Å². The van der Waals surface area contributed by atoms with Crippen LogP contribution in [0.2, 0.25) is 0 Å². The van der Waals surface area contributed by atoms with Crippen molar-refractivity contribution in [2.45, 2.75) is 12.8 Å². The van der Waals surface area contributed by atoms with Crippen LogP contribution in [0.15, 0.2) is 12.4 Å². The van der Waals surface area contributed by atoms with Gasteiger partial charge in [-0.2, -0.15) is 0 Å². The molecule has 1 saturated heterocycles. The molecule has 1 N–H and O–H groups in total. The van der Waals surface area contributed by atoms with Crippen LogP contribution in [0.25, 0.3) is 0 Å². The van der Waals surface area contributed by atoms with Gasteiger partial charge in [-0.3, -0.25) is 4.98 Å². The molecule has 0 spiro atoms. The van der Waals surface area contributed by atoms with E-state index in [4.69, 9.17) is 0 Å².